The number of rotatable bonds is 3. The summed E-state index contributed by atoms with van der Waals surface area (Å²) < 4.78 is 5.60. The van der Waals surface area contributed by atoms with Gasteiger partial charge in [0, 0.05) is 12.0 Å². The number of nitrogens with zero attached hydrogens (tertiary/aromatic N) is 3. The standard InChI is InChI=1S/C14H12ClN3O/c1-9(2)14-17-12(15)7-13(18-14)19-11-5-3-10(8-16)4-6-11/h3-7,9H,1-2H3. The first kappa shape index (κ1) is 13.3. The molecule has 2 aromatic rings. The Morgan fingerprint density at radius 3 is 2.47 bits per heavy atom. The highest BCUT2D eigenvalue weighted by Crippen LogP contribution is 2.23. The van der Waals surface area contributed by atoms with E-state index in [0.29, 0.717) is 28.2 Å². The summed E-state index contributed by atoms with van der Waals surface area (Å²) in [4.78, 5) is 8.42. The van der Waals surface area contributed by atoms with Crippen molar-refractivity contribution in [1.29, 1.82) is 5.26 Å². The zero-order valence-corrected chi connectivity index (χ0v) is 11.3. The van der Waals surface area contributed by atoms with Crippen molar-refractivity contribution in [2.45, 2.75) is 19.8 Å². The van der Waals surface area contributed by atoms with Crippen LogP contribution in [0.1, 0.15) is 31.2 Å². The van der Waals surface area contributed by atoms with Crippen LogP contribution in [-0.2, 0) is 0 Å². The maximum absolute atomic E-state index is 8.72. The van der Waals surface area contributed by atoms with Gasteiger partial charge >= 0.3 is 0 Å². The van der Waals surface area contributed by atoms with Crippen LogP contribution in [0, 0.1) is 11.3 Å². The van der Waals surface area contributed by atoms with E-state index < -0.39 is 0 Å². The lowest BCUT2D eigenvalue weighted by molar-refractivity contribution is 0.457. The quantitative estimate of drug-likeness (QED) is 0.795. The molecule has 1 aromatic carbocycles. The Morgan fingerprint density at radius 1 is 1.21 bits per heavy atom. The van der Waals surface area contributed by atoms with Crippen molar-refractivity contribution in [2.75, 3.05) is 0 Å². The highest BCUT2D eigenvalue weighted by Gasteiger charge is 2.08. The summed E-state index contributed by atoms with van der Waals surface area (Å²) in [5.74, 6) is 1.80. The molecule has 4 nitrogen and oxygen atoms in total. The average molecular weight is 274 g/mol. The van der Waals surface area contributed by atoms with Gasteiger partial charge in [0.25, 0.3) is 0 Å². The molecular weight excluding hydrogens is 262 g/mol. The molecule has 2 rings (SSSR count). The van der Waals surface area contributed by atoms with E-state index in [9.17, 15) is 0 Å². The Morgan fingerprint density at radius 2 is 1.89 bits per heavy atom. The van der Waals surface area contributed by atoms with Crippen molar-refractivity contribution in [3.8, 4) is 17.7 Å². The van der Waals surface area contributed by atoms with Crippen LogP contribution in [0.2, 0.25) is 5.15 Å². The summed E-state index contributed by atoms with van der Waals surface area (Å²) in [6, 6.07) is 10.4. The number of aromatic nitrogens is 2. The molecule has 96 valence electrons. The van der Waals surface area contributed by atoms with Crippen molar-refractivity contribution in [2.24, 2.45) is 0 Å². The maximum atomic E-state index is 8.72. The van der Waals surface area contributed by atoms with Crippen LogP contribution in [0.15, 0.2) is 30.3 Å². The molecule has 19 heavy (non-hydrogen) atoms. The van der Waals surface area contributed by atoms with Crippen LogP contribution in [0.4, 0.5) is 0 Å². The van der Waals surface area contributed by atoms with Gasteiger partial charge in [0.05, 0.1) is 11.6 Å². The summed E-state index contributed by atoms with van der Waals surface area (Å²) in [6.07, 6.45) is 0. The van der Waals surface area contributed by atoms with Gasteiger partial charge in [0.2, 0.25) is 5.88 Å². The summed E-state index contributed by atoms with van der Waals surface area (Å²) in [6.45, 7) is 3.97. The highest BCUT2D eigenvalue weighted by molar-refractivity contribution is 6.29. The van der Waals surface area contributed by atoms with E-state index >= 15 is 0 Å². The van der Waals surface area contributed by atoms with E-state index in [1.54, 1.807) is 30.3 Å². The third kappa shape index (κ3) is 3.43. The molecule has 0 bridgehead atoms. The molecule has 0 amide bonds. The van der Waals surface area contributed by atoms with E-state index in [1.165, 1.54) is 0 Å². The molecule has 0 atom stereocenters. The van der Waals surface area contributed by atoms with Crippen molar-refractivity contribution in [1.82, 2.24) is 9.97 Å². The summed E-state index contributed by atoms with van der Waals surface area (Å²) in [5.41, 5.74) is 0.580. The minimum Gasteiger partial charge on any atom is -0.439 e. The molecule has 1 heterocycles. The predicted octanol–water partition coefficient (Wildman–Crippen LogP) is 3.92. The van der Waals surface area contributed by atoms with Gasteiger partial charge in [-0.05, 0) is 24.3 Å². The molecule has 0 aliphatic rings. The lowest BCUT2D eigenvalue weighted by Crippen LogP contribution is -1.99. The smallest absolute Gasteiger partial charge is 0.224 e. The van der Waals surface area contributed by atoms with Gasteiger partial charge in [-0.1, -0.05) is 25.4 Å². The van der Waals surface area contributed by atoms with Gasteiger partial charge in [-0.2, -0.15) is 10.2 Å². The number of hydrogen-bond donors (Lipinski definition) is 0. The predicted molar refractivity (Wildman–Crippen MR) is 72.4 cm³/mol. The molecule has 0 N–H and O–H groups in total. The number of halogens is 1. The summed E-state index contributed by atoms with van der Waals surface area (Å²) in [7, 11) is 0. The minimum atomic E-state index is 0.169. The molecule has 0 radical (unpaired) electrons. The monoisotopic (exact) mass is 273 g/mol. The number of ether oxygens (including phenoxy) is 1. The fourth-order valence-corrected chi connectivity index (χ4v) is 1.62. The molecule has 0 fully saturated rings. The van der Waals surface area contributed by atoms with Gasteiger partial charge in [-0.25, -0.2) is 4.98 Å². The lowest BCUT2D eigenvalue weighted by Gasteiger charge is -2.08. The van der Waals surface area contributed by atoms with Gasteiger partial charge < -0.3 is 4.74 Å². The van der Waals surface area contributed by atoms with Crippen LogP contribution < -0.4 is 4.74 Å². The Balaban J connectivity index is 2.25. The third-order valence-corrected chi connectivity index (χ3v) is 2.60. The topological polar surface area (TPSA) is 58.8 Å². The Hall–Kier alpha value is -2.12. The van der Waals surface area contributed by atoms with E-state index in [0.717, 1.165) is 0 Å². The highest BCUT2D eigenvalue weighted by atomic mass is 35.5. The molecule has 0 saturated carbocycles. The summed E-state index contributed by atoms with van der Waals surface area (Å²) >= 11 is 5.93. The van der Waals surface area contributed by atoms with E-state index in [4.69, 9.17) is 21.6 Å². The Bertz CT molecular complexity index is 618. The third-order valence-electron chi connectivity index (χ3n) is 2.41. The van der Waals surface area contributed by atoms with E-state index in [-0.39, 0.29) is 5.92 Å². The lowest BCUT2D eigenvalue weighted by atomic mass is 10.2. The SMILES string of the molecule is CC(C)c1nc(Cl)cc(Oc2ccc(C#N)cc2)n1. The largest absolute Gasteiger partial charge is 0.439 e. The normalized spacial score (nSPS) is 10.3. The molecule has 0 aliphatic heterocycles. The number of nitriles is 1. The second kappa shape index (κ2) is 5.68. The van der Waals surface area contributed by atoms with Crippen molar-refractivity contribution >= 4 is 11.6 Å². The molecule has 0 saturated heterocycles. The first-order valence-corrected chi connectivity index (χ1v) is 6.19. The zero-order chi connectivity index (χ0) is 13.8. The van der Waals surface area contributed by atoms with Crippen LogP contribution in [-0.4, -0.2) is 9.97 Å². The maximum Gasteiger partial charge on any atom is 0.224 e. The molecule has 1 aromatic heterocycles. The van der Waals surface area contributed by atoms with Crippen LogP contribution in [0.5, 0.6) is 11.6 Å². The number of benzene rings is 1. The fourth-order valence-electron chi connectivity index (χ4n) is 1.44. The van der Waals surface area contributed by atoms with Crippen molar-refractivity contribution < 1.29 is 4.74 Å². The van der Waals surface area contributed by atoms with E-state index in [2.05, 4.69) is 9.97 Å². The van der Waals surface area contributed by atoms with Gasteiger partial charge in [-0.15, -0.1) is 0 Å². The average Bonchev–Trinajstić information content (AvgIpc) is 2.39. The second-order valence-corrected chi connectivity index (χ2v) is 4.67. The first-order valence-electron chi connectivity index (χ1n) is 5.81. The fraction of sp³-hybridized carbons (Fsp3) is 0.214. The second-order valence-electron chi connectivity index (χ2n) is 4.28. The van der Waals surface area contributed by atoms with Gasteiger partial charge in [-0.3, -0.25) is 0 Å². The van der Waals surface area contributed by atoms with Gasteiger partial charge in [0.15, 0.2) is 0 Å². The molecular formula is C14H12ClN3O. The first-order chi connectivity index (χ1) is 9.08. The van der Waals surface area contributed by atoms with Crippen molar-refractivity contribution in [3.05, 3.63) is 46.9 Å². The van der Waals surface area contributed by atoms with Gasteiger partial charge in [0.1, 0.15) is 16.7 Å². The molecule has 0 spiro atoms. The zero-order valence-electron chi connectivity index (χ0n) is 10.6. The Labute approximate surface area is 116 Å². The van der Waals surface area contributed by atoms with E-state index in [1.807, 2.05) is 19.9 Å². The molecule has 0 aliphatic carbocycles. The molecule has 5 heteroatoms. The summed E-state index contributed by atoms with van der Waals surface area (Å²) in [5, 5.41) is 9.07. The van der Waals surface area contributed by atoms with Crippen LogP contribution in [0.25, 0.3) is 0 Å². The number of hydrogen-bond acceptors (Lipinski definition) is 4. The van der Waals surface area contributed by atoms with Crippen LogP contribution >= 0.6 is 11.6 Å². The van der Waals surface area contributed by atoms with Crippen LogP contribution in [0.3, 0.4) is 0 Å². The van der Waals surface area contributed by atoms with Crippen molar-refractivity contribution in [3.63, 3.8) is 0 Å². The minimum absolute atomic E-state index is 0.169. The molecule has 0 unspecified atom stereocenters. The Kier molecular flexibility index (Phi) is 3.98.